The number of nitrogens with one attached hydrogen (secondary N) is 1. The molecule has 2 aromatic carbocycles. The number of amides is 1. The Morgan fingerprint density at radius 3 is 2.34 bits per heavy atom. The fraction of sp³-hybridized carbons (Fsp3) is 0.235. The van der Waals surface area contributed by atoms with Gasteiger partial charge in [-0.2, -0.15) is 13.2 Å². The predicted molar refractivity (Wildman–Crippen MR) is 100.0 cm³/mol. The van der Waals surface area contributed by atoms with E-state index in [9.17, 15) is 36.5 Å². The van der Waals surface area contributed by atoms with Crippen LogP contribution < -0.4 is 9.62 Å². The summed E-state index contributed by atoms with van der Waals surface area (Å²) >= 11 is 0. The average molecular weight is 431 g/mol. The molecule has 1 atom stereocenters. The van der Waals surface area contributed by atoms with Crippen LogP contribution in [0, 0.1) is 10.1 Å². The minimum absolute atomic E-state index is 0.0357. The minimum Gasteiger partial charge on any atom is -0.324 e. The molecule has 0 heterocycles. The van der Waals surface area contributed by atoms with Crippen LogP contribution >= 0.6 is 0 Å². The molecule has 0 radical (unpaired) electrons. The third kappa shape index (κ3) is 5.44. The van der Waals surface area contributed by atoms with Gasteiger partial charge in [0.25, 0.3) is 5.69 Å². The van der Waals surface area contributed by atoms with Crippen LogP contribution in [0.5, 0.6) is 0 Å². The number of hydrogen-bond donors (Lipinski definition) is 1. The standard InChI is InChI=1S/C17H16F3N3O5S/c1-11(16(24)21-13-6-4-8-15(10-13)23(25)26)22(29(2,27)28)14-7-3-5-12(9-14)17(18,19)20/h3-11H,1-2H3,(H,21,24). The van der Waals surface area contributed by atoms with Gasteiger partial charge in [0.15, 0.2) is 0 Å². The summed E-state index contributed by atoms with van der Waals surface area (Å²) in [6, 6.07) is 7.06. The molecule has 0 saturated heterocycles. The smallest absolute Gasteiger partial charge is 0.324 e. The van der Waals surface area contributed by atoms with Gasteiger partial charge in [0.2, 0.25) is 15.9 Å². The molecule has 0 aromatic heterocycles. The summed E-state index contributed by atoms with van der Waals surface area (Å²) in [6.45, 7) is 1.19. The van der Waals surface area contributed by atoms with Crippen LogP contribution in [0.4, 0.5) is 30.2 Å². The van der Waals surface area contributed by atoms with E-state index in [-0.39, 0.29) is 17.1 Å². The highest BCUT2D eigenvalue weighted by Crippen LogP contribution is 2.33. The summed E-state index contributed by atoms with van der Waals surface area (Å²) in [5, 5.41) is 13.2. The Morgan fingerprint density at radius 1 is 1.17 bits per heavy atom. The van der Waals surface area contributed by atoms with Crippen molar-refractivity contribution in [1.82, 2.24) is 0 Å². The van der Waals surface area contributed by atoms with Crippen molar-refractivity contribution < 1.29 is 31.3 Å². The normalized spacial score (nSPS) is 12.9. The van der Waals surface area contributed by atoms with E-state index in [1.807, 2.05) is 0 Å². The number of rotatable bonds is 6. The Kier molecular flexibility index (Phi) is 6.16. The lowest BCUT2D eigenvalue weighted by atomic mass is 10.1. The predicted octanol–water partition coefficient (Wildman–Crippen LogP) is 3.41. The second kappa shape index (κ2) is 8.07. The fourth-order valence-corrected chi connectivity index (χ4v) is 3.74. The van der Waals surface area contributed by atoms with E-state index in [1.54, 1.807) is 0 Å². The number of nitro groups is 1. The number of halogens is 3. The number of alkyl halides is 3. The number of anilines is 2. The van der Waals surface area contributed by atoms with E-state index >= 15 is 0 Å². The van der Waals surface area contributed by atoms with Gasteiger partial charge in [-0.15, -0.1) is 0 Å². The molecule has 0 fully saturated rings. The quantitative estimate of drug-likeness (QED) is 0.557. The molecule has 0 spiro atoms. The molecule has 156 valence electrons. The molecule has 1 unspecified atom stereocenters. The highest BCUT2D eigenvalue weighted by atomic mass is 32.2. The van der Waals surface area contributed by atoms with E-state index < -0.39 is 38.6 Å². The zero-order valence-corrected chi connectivity index (χ0v) is 16.0. The molecule has 29 heavy (non-hydrogen) atoms. The lowest BCUT2D eigenvalue weighted by Crippen LogP contribution is -2.45. The van der Waals surface area contributed by atoms with Gasteiger partial charge in [-0.25, -0.2) is 8.42 Å². The first-order valence-corrected chi connectivity index (χ1v) is 9.87. The van der Waals surface area contributed by atoms with Crippen molar-refractivity contribution in [2.24, 2.45) is 0 Å². The fourth-order valence-electron chi connectivity index (χ4n) is 2.57. The summed E-state index contributed by atoms with van der Waals surface area (Å²) in [5.74, 6) is -0.881. The van der Waals surface area contributed by atoms with Gasteiger partial charge in [0, 0.05) is 17.8 Å². The van der Waals surface area contributed by atoms with Gasteiger partial charge in [-0.05, 0) is 31.2 Å². The SMILES string of the molecule is CC(C(=O)Nc1cccc([N+](=O)[O-])c1)N(c1cccc(C(F)(F)F)c1)S(C)(=O)=O. The van der Waals surface area contributed by atoms with Crippen molar-refractivity contribution in [3.63, 3.8) is 0 Å². The lowest BCUT2D eigenvalue weighted by Gasteiger charge is -2.28. The van der Waals surface area contributed by atoms with E-state index in [2.05, 4.69) is 5.32 Å². The Labute approximate surface area is 164 Å². The number of hydrogen-bond acceptors (Lipinski definition) is 5. The van der Waals surface area contributed by atoms with Crippen LogP contribution in [0.15, 0.2) is 48.5 Å². The number of nitrogens with zero attached hydrogens (tertiary/aromatic N) is 2. The lowest BCUT2D eigenvalue weighted by molar-refractivity contribution is -0.384. The zero-order valence-electron chi connectivity index (χ0n) is 15.2. The highest BCUT2D eigenvalue weighted by molar-refractivity contribution is 7.92. The second-order valence-electron chi connectivity index (χ2n) is 6.08. The van der Waals surface area contributed by atoms with Crippen molar-refractivity contribution in [2.45, 2.75) is 19.1 Å². The van der Waals surface area contributed by atoms with Crippen LogP contribution in [0.1, 0.15) is 12.5 Å². The Balaban J connectivity index is 2.37. The molecule has 2 rings (SSSR count). The van der Waals surface area contributed by atoms with Crippen LogP contribution in [0.2, 0.25) is 0 Å². The first kappa shape index (κ1) is 22.1. The molecule has 1 amide bonds. The zero-order chi connectivity index (χ0) is 22.0. The second-order valence-corrected chi connectivity index (χ2v) is 7.94. The van der Waals surface area contributed by atoms with Crippen molar-refractivity contribution in [2.75, 3.05) is 15.9 Å². The van der Waals surface area contributed by atoms with Gasteiger partial charge >= 0.3 is 6.18 Å². The van der Waals surface area contributed by atoms with Crippen LogP contribution in [-0.2, 0) is 21.0 Å². The van der Waals surface area contributed by atoms with Crippen molar-refractivity contribution in [1.29, 1.82) is 0 Å². The number of carbonyl (C=O) groups excluding carboxylic acids is 1. The maximum Gasteiger partial charge on any atom is 0.416 e. The molecule has 0 aliphatic rings. The number of non-ortho nitro benzene ring substituents is 1. The molecule has 12 heteroatoms. The van der Waals surface area contributed by atoms with Gasteiger partial charge in [0.05, 0.1) is 22.4 Å². The molecular formula is C17H16F3N3O5S. The van der Waals surface area contributed by atoms with Crippen molar-refractivity contribution >= 4 is 33.0 Å². The topological polar surface area (TPSA) is 110 Å². The molecule has 0 saturated carbocycles. The molecular weight excluding hydrogens is 415 g/mol. The third-order valence-corrected chi connectivity index (χ3v) is 5.08. The number of benzene rings is 2. The maximum absolute atomic E-state index is 13.0. The van der Waals surface area contributed by atoms with E-state index in [0.717, 1.165) is 30.5 Å². The highest BCUT2D eigenvalue weighted by Gasteiger charge is 2.34. The summed E-state index contributed by atoms with van der Waals surface area (Å²) in [7, 11) is -4.14. The average Bonchev–Trinajstić information content (AvgIpc) is 2.60. The monoisotopic (exact) mass is 431 g/mol. The number of sulfonamides is 1. The van der Waals surface area contributed by atoms with Gasteiger partial charge < -0.3 is 5.32 Å². The Bertz CT molecular complexity index is 1040. The van der Waals surface area contributed by atoms with Crippen LogP contribution in [-0.4, -0.2) is 31.5 Å². The molecule has 2 aromatic rings. The summed E-state index contributed by atoms with van der Waals surface area (Å²) in [4.78, 5) is 22.7. The largest absolute Gasteiger partial charge is 0.416 e. The van der Waals surface area contributed by atoms with Crippen LogP contribution in [0.3, 0.4) is 0 Å². The van der Waals surface area contributed by atoms with Gasteiger partial charge in [0.1, 0.15) is 6.04 Å². The van der Waals surface area contributed by atoms with E-state index in [0.29, 0.717) is 10.4 Å². The van der Waals surface area contributed by atoms with E-state index in [4.69, 9.17) is 0 Å². The summed E-state index contributed by atoms with van der Waals surface area (Å²) in [6.07, 6.45) is -3.95. The molecule has 0 aliphatic carbocycles. The first-order valence-electron chi connectivity index (χ1n) is 8.02. The molecule has 0 bridgehead atoms. The van der Waals surface area contributed by atoms with Crippen molar-refractivity contribution in [3.8, 4) is 0 Å². The minimum atomic E-state index is -4.70. The molecule has 1 N–H and O–H groups in total. The van der Waals surface area contributed by atoms with E-state index in [1.165, 1.54) is 25.1 Å². The van der Waals surface area contributed by atoms with Crippen LogP contribution in [0.25, 0.3) is 0 Å². The van der Waals surface area contributed by atoms with Gasteiger partial charge in [-0.1, -0.05) is 12.1 Å². The summed E-state index contributed by atoms with van der Waals surface area (Å²) in [5.41, 5.74) is -1.68. The molecule has 0 aliphatic heterocycles. The van der Waals surface area contributed by atoms with Crippen molar-refractivity contribution in [3.05, 3.63) is 64.2 Å². The Hall–Kier alpha value is -3.15. The first-order chi connectivity index (χ1) is 13.3. The number of carbonyl (C=O) groups is 1. The molecule has 8 nitrogen and oxygen atoms in total. The summed E-state index contributed by atoms with van der Waals surface area (Å²) < 4.78 is 63.9. The van der Waals surface area contributed by atoms with Gasteiger partial charge in [-0.3, -0.25) is 19.2 Å². The Morgan fingerprint density at radius 2 is 1.79 bits per heavy atom. The maximum atomic E-state index is 13.0. The third-order valence-electron chi connectivity index (χ3n) is 3.84. The number of nitro benzene ring substituents is 1.